The second-order valence-corrected chi connectivity index (χ2v) is 8.76. The minimum absolute atomic E-state index is 0.0850. The van der Waals surface area contributed by atoms with E-state index >= 15 is 0 Å². The van der Waals surface area contributed by atoms with Crippen LogP contribution in [0.5, 0.6) is 0 Å². The van der Waals surface area contributed by atoms with Crippen LogP contribution in [0, 0.1) is 0 Å². The van der Waals surface area contributed by atoms with E-state index in [-0.39, 0.29) is 32.1 Å². The molecule has 0 bridgehead atoms. The van der Waals surface area contributed by atoms with Crippen molar-refractivity contribution in [3.63, 3.8) is 0 Å². The number of carboxylic acid groups (broad SMARTS) is 2. The van der Waals surface area contributed by atoms with Gasteiger partial charge in [-0.05, 0) is 24.8 Å². The van der Waals surface area contributed by atoms with E-state index in [1.54, 1.807) is 30.3 Å². The topological polar surface area (TPSA) is 274 Å². The summed E-state index contributed by atoms with van der Waals surface area (Å²) in [4.78, 5) is 83.4. The van der Waals surface area contributed by atoms with E-state index in [1.165, 1.54) is 0 Å². The highest BCUT2D eigenvalue weighted by Gasteiger charge is 2.31. The zero-order valence-corrected chi connectivity index (χ0v) is 21.1. The van der Waals surface area contributed by atoms with Gasteiger partial charge in [0.05, 0.1) is 6.04 Å². The quantitative estimate of drug-likeness (QED) is 0.0950. The van der Waals surface area contributed by atoms with Gasteiger partial charge in [-0.2, -0.15) is 0 Å². The van der Waals surface area contributed by atoms with Crippen LogP contribution in [0.1, 0.15) is 44.1 Å². The lowest BCUT2D eigenvalue weighted by Gasteiger charge is -2.25. The number of carbonyl (C=O) groups is 7. The summed E-state index contributed by atoms with van der Waals surface area (Å²) in [6.45, 7) is 0. The zero-order chi connectivity index (χ0) is 29.5. The maximum atomic E-state index is 13.2. The zero-order valence-electron chi connectivity index (χ0n) is 21.1. The molecule has 11 N–H and O–H groups in total. The molecule has 0 spiro atoms. The smallest absolute Gasteiger partial charge is 0.326 e. The number of amides is 5. The third-order valence-corrected chi connectivity index (χ3v) is 5.53. The fourth-order valence-electron chi connectivity index (χ4n) is 3.39. The summed E-state index contributed by atoms with van der Waals surface area (Å²) in [6, 6.07) is 2.96. The highest BCUT2D eigenvalue weighted by molar-refractivity contribution is 5.94. The van der Waals surface area contributed by atoms with Gasteiger partial charge in [-0.3, -0.25) is 28.8 Å². The van der Waals surface area contributed by atoms with Crippen LogP contribution in [0.2, 0.25) is 0 Å². The molecule has 0 aliphatic heterocycles. The van der Waals surface area contributed by atoms with E-state index in [9.17, 15) is 38.7 Å². The first-order chi connectivity index (χ1) is 18.3. The summed E-state index contributed by atoms with van der Waals surface area (Å²) in [6.07, 6.45) is -1.84. The molecule has 0 saturated heterocycles. The molecular weight excluding hydrogens is 516 g/mol. The minimum Gasteiger partial charge on any atom is -0.481 e. The lowest BCUT2D eigenvalue weighted by molar-refractivity contribution is -0.143. The molecule has 1 aromatic rings. The summed E-state index contributed by atoms with van der Waals surface area (Å²) in [7, 11) is 0. The van der Waals surface area contributed by atoms with E-state index < -0.39 is 78.5 Å². The maximum absolute atomic E-state index is 13.2. The second kappa shape index (κ2) is 16.3. The van der Waals surface area contributed by atoms with Gasteiger partial charge in [-0.1, -0.05) is 30.3 Å². The Kier molecular flexibility index (Phi) is 13.6. The summed E-state index contributed by atoms with van der Waals surface area (Å²) in [5.74, 6) is -6.79. The highest BCUT2D eigenvalue weighted by Crippen LogP contribution is 2.08. The molecular formula is C24H34N6O9. The standard InChI is InChI=1S/C24H34N6O9/c25-14(6-9-18(26)31)21(35)28-15(7-10-19(27)32)22(36)30-17(12-13-4-2-1-3-5-13)23(37)29-16(24(38)39)8-11-20(33)34/h1-5,14-17H,6-12,25H2,(H2,26,31)(H2,27,32)(H,28,35)(H,29,37)(H,30,36)(H,33,34)(H,38,39). The molecule has 1 rings (SSSR count). The molecule has 0 heterocycles. The van der Waals surface area contributed by atoms with Crippen molar-refractivity contribution in [1.29, 1.82) is 0 Å². The number of benzene rings is 1. The van der Waals surface area contributed by atoms with Gasteiger partial charge in [0, 0.05) is 25.7 Å². The molecule has 0 aliphatic carbocycles. The lowest BCUT2D eigenvalue weighted by Crippen LogP contribution is -2.57. The third-order valence-electron chi connectivity index (χ3n) is 5.53. The number of nitrogens with two attached hydrogens (primary N) is 3. The maximum Gasteiger partial charge on any atom is 0.326 e. The molecule has 0 fully saturated rings. The van der Waals surface area contributed by atoms with Gasteiger partial charge in [0.2, 0.25) is 29.5 Å². The summed E-state index contributed by atoms with van der Waals surface area (Å²) < 4.78 is 0. The number of hydrogen-bond acceptors (Lipinski definition) is 8. The fourth-order valence-corrected chi connectivity index (χ4v) is 3.39. The highest BCUT2D eigenvalue weighted by atomic mass is 16.4. The molecule has 4 atom stereocenters. The summed E-state index contributed by atoms with van der Waals surface area (Å²) in [5, 5.41) is 25.3. The second-order valence-electron chi connectivity index (χ2n) is 8.76. The first kappa shape index (κ1) is 32.5. The van der Waals surface area contributed by atoms with Crippen LogP contribution in [0.25, 0.3) is 0 Å². The first-order valence-electron chi connectivity index (χ1n) is 12.0. The van der Waals surface area contributed by atoms with Crippen molar-refractivity contribution in [3.8, 4) is 0 Å². The molecule has 0 radical (unpaired) electrons. The fraction of sp³-hybridized carbons (Fsp3) is 0.458. The average Bonchev–Trinajstić information content (AvgIpc) is 2.86. The predicted molar refractivity (Wildman–Crippen MR) is 135 cm³/mol. The van der Waals surface area contributed by atoms with Crippen LogP contribution in [-0.2, 0) is 40.0 Å². The number of carboxylic acids is 2. The SMILES string of the molecule is NC(=O)CCC(N)C(=O)NC(CCC(N)=O)C(=O)NC(Cc1ccccc1)C(=O)NC(CCC(=O)O)C(=O)O. The van der Waals surface area contributed by atoms with Crippen molar-refractivity contribution < 1.29 is 43.8 Å². The molecule has 4 unspecified atom stereocenters. The van der Waals surface area contributed by atoms with E-state index in [0.717, 1.165) is 0 Å². The van der Waals surface area contributed by atoms with Crippen LogP contribution in [-0.4, -0.2) is 75.9 Å². The van der Waals surface area contributed by atoms with Crippen molar-refractivity contribution in [2.24, 2.45) is 17.2 Å². The van der Waals surface area contributed by atoms with Gasteiger partial charge in [0.1, 0.15) is 18.1 Å². The predicted octanol–water partition coefficient (Wildman–Crippen LogP) is -2.51. The Hall–Kier alpha value is -4.53. The summed E-state index contributed by atoms with van der Waals surface area (Å²) >= 11 is 0. The van der Waals surface area contributed by atoms with Crippen molar-refractivity contribution in [3.05, 3.63) is 35.9 Å². The number of primary amides is 2. The van der Waals surface area contributed by atoms with Gasteiger partial charge < -0.3 is 43.4 Å². The van der Waals surface area contributed by atoms with Crippen LogP contribution >= 0.6 is 0 Å². The third kappa shape index (κ3) is 13.0. The number of nitrogens with one attached hydrogen (secondary N) is 3. The van der Waals surface area contributed by atoms with Gasteiger partial charge in [-0.15, -0.1) is 0 Å². The van der Waals surface area contributed by atoms with E-state index in [0.29, 0.717) is 5.56 Å². The Morgan fingerprint density at radius 1 is 0.667 bits per heavy atom. The molecule has 39 heavy (non-hydrogen) atoms. The monoisotopic (exact) mass is 550 g/mol. The Morgan fingerprint density at radius 2 is 1.15 bits per heavy atom. The number of rotatable bonds is 18. The molecule has 5 amide bonds. The largest absolute Gasteiger partial charge is 0.481 e. The van der Waals surface area contributed by atoms with Crippen LogP contribution in [0.15, 0.2) is 30.3 Å². The molecule has 1 aromatic carbocycles. The van der Waals surface area contributed by atoms with Crippen molar-refractivity contribution in [1.82, 2.24) is 16.0 Å². The average molecular weight is 551 g/mol. The van der Waals surface area contributed by atoms with Gasteiger partial charge >= 0.3 is 11.9 Å². The molecule has 0 saturated carbocycles. The molecule has 0 aromatic heterocycles. The molecule has 214 valence electrons. The van der Waals surface area contributed by atoms with E-state index in [1.807, 2.05) is 0 Å². The molecule has 0 aliphatic rings. The van der Waals surface area contributed by atoms with E-state index in [2.05, 4.69) is 16.0 Å². The van der Waals surface area contributed by atoms with Crippen LogP contribution in [0.4, 0.5) is 0 Å². The molecule has 15 nitrogen and oxygen atoms in total. The summed E-state index contributed by atoms with van der Waals surface area (Å²) in [5.41, 5.74) is 16.6. The first-order valence-corrected chi connectivity index (χ1v) is 12.0. The van der Waals surface area contributed by atoms with Crippen molar-refractivity contribution in [2.75, 3.05) is 0 Å². The molecule has 15 heteroatoms. The Labute approximate surface area is 223 Å². The Balaban J connectivity index is 3.13. The van der Waals surface area contributed by atoms with Crippen LogP contribution in [0.3, 0.4) is 0 Å². The Morgan fingerprint density at radius 3 is 1.69 bits per heavy atom. The lowest BCUT2D eigenvalue weighted by atomic mass is 10.0. The van der Waals surface area contributed by atoms with Crippen molar-refractivity contribution in [2.45, 2.75) is 69.1 Å². The Bertz CT molecular complexity index is 1050. The van der Waals surface area contributed by atoms with Crippen LogP contribution < -0.4 is 33.2 Å². The van der Waals surface area contributed by atoms with Gasteiger partial charge in [0.25, 0.3) is 0 Å². The number of carbonyl (C=O) groups excluding carboxylic acids is 5. The normalized spacial score (nSPS) is 13.7. The van der Waals surface area contributed by atoms with E-state index in [4.69, 9.17) is 22.3 Å². The van der Waals surface area contributed by atoms with Gasteiger partial charge in [-0.25, -0.2) is 4.79 Å². The number of aliphatic carboxylic acids is 2. The number of hydrogen-bond donors (Lipinski definition) is 8. The minimum atomic E-state index is -1.54. The van der Waals surface area contributed by atoms with Gasteiger partial charge in [0.15, 0.2) is 0 Å². The van der Waals surface area contributed by atoms with Crippen molar-refractivity contribution >= 4 is 41.5 Å².